The quantitative estimate of drug-likeness (QED) is 0.168. The average molecular weight is 746 g/mol. The number of nitrogens with two attached hydrogens (primary N) is 1. The van der Waals surface area contributed by atoms with Crippen LogP contribution in [0.2, 0.25) is 0 Å². The van der Waals surface area contributed by atoms with Gasteiger partial charge < -0.3 is 29.7 Å². The minimum Gasteiger partial charge on any atom is -0.466 e. The normalized spacial score (nSPS) is 15.8. The highest BCUT2D eigenvalue weighted by Gasteiger charge is 2.31. The van der Waals surface area contributed by atoms with E-state index in [2.05, 4.69) is 5.10 Å². The molecule has 292 valence electrons. The first kappa shape index (κ1) is 40.1. The van der Waals surface area contributed by atoms with E-state index in [0.29, 0.717) is 38.5 Å². The topological polar surface area (TPSA) is 164 Å². The zero-order chi connectivity index (χ0) is 39.2. The van der Waals surface area contributed by atoms with Crippen molar-refractivity contribution in [2.24, 2.45) is 5.73 Å². The second kappa shape index (κ2) is 16.9. The predicted molar refractivity (Wildman–Crippen MR) is 205 cm³/mol. The van der Waals surface area contributed by atoms with Crippen molar-refractivity contribution >= 4 is 45.9 Å². The molecule has 0 radical (unpaired) electrons. The molecule has 0 saturated carbocycles. The van der Waals surface area contributed by atoms with E-state index in [9.17, 15) is 19.2 Å². The van der Waals surface area contributed by atoms with Crippen LogP contribution in [-0.4, -0.2) is 97.4 Å². The molecule has 0 aliphatic carbocycles. The second-order valence-electron chi connectivity index (χ2n) is 15.8. The third-order valence-corrected chi connectivity index (χ3v) is 9.26. The van der Waals surface area contributed by atoms with E-state index in [0.717, 1.165) is 53.2 Å². The van der Waals surface area contributed by atoms with Gasteiger partial charge in [0, 0.05) is 37.0 Å². The van der Waals surface area contributed by atoms with Gasteiger partial charge in [0.15, 0.2) is 0 Å². The Balaban J connectivity index is 0.000000208. The summed E-state index contributed by atoms with van der Waals surface area (Å²) in [5, 5.41) is 11.3. The maximum absolute atomic E-state index is 12.3. The van der Waals surface area contributed by atoms with Gasteiger partial charge in [-0.25, -0.2) is 9.59 Å². The third kappa shape index (κ3) is 10.3. The average Bonchev–Trinajstić information content (AvgIpc) is 3.65. The minimum absolute atomic E-state index is 0.129. The summed E-state index contributed by atoms with van der Waals surface area (Å²) in [7, 11) is 0. The highest BCUT2D eigenvalue weighted by Crippen LogP contribution is 2.31. The van der Waals surface area contributed by atoms with Gasteiger partial charge in [0.25, 0.3) is 0 Å². The Morgan fingerprint density at radius 3 is 1.43 bits per heavy atom. The number of piperidine rings is 2. The van der Waals surface area contributed by atoms with Gasteiger partial charge in [-0.2, -0.15) is 10.2 Å². The van der Waals surface area contributed by atoms with E-state index in [1.54, 1.807) is 16.7 Å². The van der Waals surface area contributed by atoms with Crippen LogP contribution in [0.1, 0.15) is 97.6 Å². The number of amides is 3. The highest BCUT2D eigenvalue weighted by molar-refractivity contribution is 5.87. The lowest BCUT2D eigenvalue weighted by atomic mass is 10.1. The number of rotatable bonds is 7. The van der Waals surface area contributed by atoms with Gasteiger partial charge in [-0.3, -0.25) is 19.0 Å². The van der Waals surface area contributed by atoms with Crippen LogP contribution in [0.3, 0.4) is 0 Å². The third-order valence-electron chi connectivity index (χ3n) is 9.26. The molecule has 2 saturated heterocycles. The molecule has 0 unspecified atom stereocenters. The number of hydrogen-bond acceptors (Lipinski definition) is 9. The van der Waals surface area contributed by atoms with Crippen LogP contribution in [0.25, 0.3) is 21.8 Å². The van der Waals surface area contributed by atoms with Crippen molar-refractivity contribution in [3.8, 4) is 0 Å². The summed E-state index contributed by atoms with van der Waals surface area (Å²) in [5.41, 5.74) is 7.84. The molecule has 0 atom stereocenters. The monoisotopic (exact) mass is 745 g/mol. The molecular formula is C40H55N7O7. The molecule has 54 heavy (non-hydrogen) atoms. The maximum atomic E-state index is 12.3. The molecule has 2 fully saturated rings. The smallest absolute Gasteiger partial charge is 0.410 e. The molecule has 2 aliphatic rings. The van der Waals surface area contributed by atoms with Gasteiger partial charge >= 0.3 is 18.2 Å². The molecule has 3 amide bonds. The number of benzene rings is 2. The Morgan fingerprint density at radius 1 is 0.667 bits per heavy atom. The van der Waals surface area contributed by atoms with E-state index in [-0.39, 0.29) is 49.0 Å². The van der Waals surface area contributed by atoms with E-state index in [1.165, 1.54) is 0 Å². The zero-order valence-electron chi connectivity index (χ0n) is 32.7. The summed E-state index contributed by atoms with van der Waals surface area (Å²) in [6, 6.07) is 16.2. The summed E-state index contributed by atoms with van der Waals surface area (Å²) >= 11 is 0. The number of nitrogens with zero attached hydrogens (tertiary/aromatic N) is 6. The lowest BCUT2D eigenvalue weighted by Gasteiger charge is -2.33. The molecule has 2 aromatic carbocycles. The van der Waals surface area contributed by atoms with Crippen LogP contribution in [0.15, 0.2) is 48.5 Å². The van der Waals surface area contributed by atoms with Crippen molar-refractivity contribution < 1.29 is 33.4 Å². The minimum atomic E-state index is -0.492. The molecule has 14 nitrogen and oxygen atoms in total. The predicted octanol–water partition coefficient (Wildman–Crippen LogP) is 6.35. The fourth-order valence-electron chi connectivity index (χ4n) is 6.88. The van der Waals surface area contributed by atoms with Crippen molar-refractivity contribution in [1.29, 1.82) is 0 Å². The number of carbonyl (C=O) groups is 4. The van der Waals surface area contributed by atoms with Crippen LogP contribution in [0, 0.1) is 0 Å². The van der Waals surface area contributed by atoms with Crippen LogP contribution in [0.5, 0.6) is 0 Å². The number of carbonyl (C=O) groups excluding carboxylic acids is 4. The number of primary amides is 1. The van der Waals surface area contributed by atoms with Crippen LogP contribution in [0.4, 0.5) is 9.59 Å². The van der Waals surface area contributed by atoms with Crippen LogP contribution in [-0.2, 0) is 36.6 Å². The first-order valence-electron chi connectivity index (χ1n) is 18.8. The van der Waals surface area contributed by atoms with Crippen LogP contribution < -0.4 is 5.73 Å². The molecule has 2 aromatic heterocycles. The molecule has 6 rings (SSSR count). The van der Waals surface area contributed by atoms with E-state index in [1.807, 2.05) is 99.4 Å². The fraction of sp³-hybridized carbons (Fsp3) is 0.550. The Morgan fingerprint density at radius 2 is 1.06 bits per heavy atom. The number of likely N-dealkylation sites (tertiary alicyclic amines) is 2. The fourth-order valence-corrected chi connectivity index (χ4v) is 6.88. The van der Waals surface area contributed by atoms with Crippen molar-refractivity contribution in [3.05, 3.63) is 59.9 Å². The van der Waals surface area contributed by atoms with Gasteiger partial charge in [0.2, 0.25) is 5.91 Å². The molecule has 0 bridgehead atoms. The zero-order valence-corrected chi connectivity index (χ0v) is 32.7. The number of esters is 1. The number of para-hydroxylation sites is 2. The van der Waals surface area contributed by atoms with Gasteiger partial charge in [0.1, 0.15) is 11.2 Å². The number of hydrogen-bond donors (Lipinski definition) is 1. The first-order valence-corrected chi connectivity index (χ1v) is 18.8. The Labute approximate surface area is 316 Å². The Kier molecular flexibility index (Phi) is 12.5. The van der Waals surface area contributed by atoms with E-state index in [4.69, 9.17) is 25.0 Å². The summed E-state index contributed by atoms with van der Waals surface area (Å²) in [6.45, 7) is 15.9. The van der Waals surface area contributed by atoms with Gasteiger partial charge in [0.05, 0.1) is 54.0 Å². The van der Waals surface area contributed by atoms with Crippen molar-refractivity contribution in [2.45, 2.75) is 110 Å². The molecule has 2 aliphatic heterocycles. The largest absolute Gasteiger partial charge is 0.466 e. The molecule has 0 spiro atoms. The van der Waals surface area contributed by atoms with Crippen molar-refractivity contribution in [2.75, 3.05) is 32.8 Å². The summed E-state index contributed by atoms with van der Waals surface area (Å²) in [6.07, 6.45) is 2.94. The SMILES string of the molecule is CC(C)(C)OC(=O)N1CCC(n2nc(CC(N)=O)c3ccccc32)CC1.CCOC(=O)Cc1nn(C2CCN(C(=O)OC(C)(C)C)CC2)c2ccccc12. The molecule has 2 N–H and O–H groups in total. The molecule has 4 aromatic rings. The Hall–Kier alpha value is -5.14. The Bertz CT molecular complexity index is 1940. The van der Waals surface area contributed by atoms with Gasteiger partial charge in [-0.15, -0.1) is 0 Å². The van der Waals surface area contributed by atoms with Crippen molar-refractivity contribution in [1.82, 2.24) is 29.4 Å². The van der Waals surface area contributed by atoms with Gasteiger partial charge in [-0.1, -0.05) is 36.4 Å². The molecule has 4 heterocycles. The van der Waals surface area contributed by atoms with Crippen molar-refractivity contribution in [3.63, 3.8) is 0 Å². The lowest BCUT2D eigenvalue weighted by molar-refractivity contribution is -0.142. The van der Waals surface area contributed by atoms with Crippen LogP contribution >= 0.6 is 0 Å². The summed E-state index contributed by atoms with van der Waals surface area (Å²) in [4.78, 5) is 51.3. The lowest BCUT2D eigenvalue weighted by Crippen LogP contribution is -2.42. The molecule has 14 heteroatoms. The maximum Gasteiger partial charge on any atom is 0.410 e. The van der Waals surface area contributed by atoms with E-state index >= 15 is 0 Å². The number of ether oxygens (including phenoxy) is 3. The highest BCUT2D eigenvalue weighted by atomic mass is 16.6. The first-order chi connectivity index (χ1) is 25.5. The van der Waals surface area contributed by atoms with E-state index < -0.39 is 11.2 Å². The number of aromatic nitrogens is 4. The number of fused-ring (bicyclic) bond motifs is 2. The summed E-state index contributed by atoms with van der Waals surface area (Å²) in [5.74, 6) is -0.655. The molecular weight excluding hydrogens is 690 g/mol. The second-order valence-corrected chi connectivity index (χ2v) is 15.8. The standard InChI is InChI=1S/C21H29N3O4.C19H26N4O3/c1-5-27-19(25)14-17-16-8-6-7-9-18(16)24(22-17)15-10-12-23(13-11-15)20(26)28-21(2,3)4;1-19(2,3)26-18(25)22-10-8-13(9-11-22)23-16-7-5-4-6-14(16)15(21-23)12-17(20)24/h6-9,15H,5,10-14H2,1-4H3;4-7,13H,8-12H2,1-3H3,(H2,20,24). The van der Waals surface area contributed by atoms with Gasteiger partial charge in [-0.05, 0) is 86.3 Å². The summed E-state index contributed by atoms with van der Waals surface area (Å²) < 4.78 is 20.0.